The molecular weight excluding hydrogens is 238 g/mol. The van der Waals surface area contributed by atoms with Gasteiger partial charge in [-0.15, -0.1) is 0 Å². The van der Waals surface area contributed by atoms with Crippen LogP contribution in [-0.2, 0) is 9.53 Å². The fraction of sp³-hybridized carbons (Fsp3) is 0.818. The van der Waals surface area contributed by atoms with Crippen LogP contribution in [0.3, 0.4) is 0 Å². The standard InChI is InChI=1S/C11H21N3O4/c1-8(6-13(2)3)12-11(17)14-4-5-18-9(7-14)10(15)16/h8-9H,4-7H2,1-3H3,(H,12,17)(H,15,16). The van der Waals surface area contributed by atoms with Crippen LogP contribution in [-0.4, -0.2) is 79.4 Å². The highest BCUT2D eigenvalue weighted by molar-refractivity contribution is 5.77. The molecule has 1 aliphatic rings. The number of carbonyl (C=O) groups is 2. The Labute approximate surface area is 107 Å². The molecule has 18 heavy (non-hydrogen) atoms. The van der Waals surface area contributed by atoms with Gasteiger partial charge in [0, 0.05) is 19.1 Å². The number of carboxylic acid groups (broad SMARTS) is 1. The Balaban J connectivity index is 2.43. The van der Waals surface area contributed by atoms with E-state index in [4.69, 9.17) is 9.84 Å². The lowest BCUT2D eigenvalue weighted by Gasteiger charge is -2.32. The third kappa shape index (κ3) is 4.50. The van der Waals surface area contributed by atoms with E-state index in [1.54, 1.807) is 0 Å². The molecule has 0 saturated carbocycles. The number of hydrogen-bond acceptors (Lipinski definition) is 4. The van der Waals surface area contributed by atoms with E-state index in [1.807, 2.05) is 25.9 Å². The number of urea groups is 1. The zero-order valence-electron chi connectivity index (χ0n) is 11.0. The van der Waals surface area contributed by atoms with Crippen LogP contribution in [0.1, 0.15) is 6.92 Å². The number of ether oxygens (including phenoxy) is 1. The van der Waals surface area contributed by atoms with Crippen LogP contribution in [0.15, 0.2) is 0 Å². The Morgan fingerprint density at radius 2 is 2.22 bits per heavy atom. The second kappa shape index (κ2) is 6.55. The van der Waals surface area contributed by atoms with Gasteiger partial charge < -0.3 is 25.0 Å². The number of likely N-dealkylation sites (N-methyl/N-ethyl adjacent to an activating group) is 1. The van der Waals surface area contributed by atoms with Crippen LogP contribution in [0, 0.1) is 0 Å². The summed E-state index contributed by atoms with van der Waals surface area (Å²) >= 11 is 0. The Morgan fingerprint density at radius 3 is 2.78 bits per heavy atom. The minimum Gasteiger partial charge on any atom is -0.479 e. The molecule has 0 bridgehead atoms. The summed E-state index contributed by atoms with van der Waals surface area (Å²) in [5, 5.41) is 11.7. The van der Waals surface area contributed by atoms with Crippen LogP contribution >= 0.6 is 0 Å². The van der Waals surface area contributed by atoms with E-state index in [0.717, 1.165) is 6.54 Å². The number of aliphatic carboxylic acids is 1. The summed E-state index contributed by atoms with van der Waals surface area (Å²) in [5.41, 5.74) is 0. The predicted molar refractivity (Wildman–Crippen MR) is 65.5 cm³/mol. The van der Waals surface area contributed by atoms with E-state index < -0.39 is 12.1 Å². The third-order valence-corrected chi connectivity index (χ3v) is 2.64. The molecule has 7 heteroatoms. The van der Waals surface area contributed by atoms with Gasteiger partial charge in [-0.05, 0) is 21.0 Å². The highest BCUT2D eigenvalue weighted by atomic mass is 16.5. The first-order chi connectivity index (χ1) is 8.40. The van der Waals surface area contributed by atoms with E-state index in [2.05, 4.69) is 5.32 Å². The molecule has 104 valence electrons. The zero-order chi connectivity index (χ0) is 13.7. The number of carbonyl (C=O) groups excluding carboxylic acids is 1. The second-order valence-electron chi connectivity index (χ2n) is 4.76. The largest absolute Gasteiger partial charge is 0.479 e. The monoisotopic (exact) mass is 259 g/mol. The van der Waals surface area contributed by atoms with Gasteiger partial charge >= 0.3 is 12.0 Å². The molecule has 1 rings (SSSR count). The van der Waals surface area contributed by atoms with Crippen LogP contribution in [0.25, 0.3) is 0 Å². The molecule has 0 aromatic rings. The first kappa shape index (κ1) is 14.7. The molecule has 0 radical (unpaired) electrons. The first-order valence-corrected chi connectivity index (χ1v) is 5.94. The van der Waals surface area contributed by atoms with Crippen LogP contribution < -0.4 is 5.32 Å². The van der Waals surface area contributed by atoms with Crippen molar-refractivity contribution >= 4 is 12.0 Å². The highest BCUT2D eigenvalue weighted by Gasteiger charge is 2.29. The van der Waals surface area contributed by atoms with Gasteiger partial charge in [0.15, 0.2) is 6.10 Å². The molecule has 2 unspecified atom stereocenters. The SMILES string of the molecule is CC(CN(C)C)NC(=O)N1CCOC(C(=O)O)C1. The van der Waals surface area contributed by atoms with Gasteiger partial charge in [-0.25, -0.2) is 9.59 Å². The van der Waals surface area contributed by atoms with Gasteiger partial charge in [-0.1, -0.05) is 0 Å². The van der Waals surface area contributed by atoms with Crippen molar-refractivity contribution in [2.45, 2.75) is 19.1 Å². The Hall–Kier alpha value is -1.34. The molecule has 7 nitrogen and oxygen atoms in total. The Kier molecular flexibility index (Phi) is 5.36. The number of hydrogen-bond donors (Lipinski definition) is 2. The van der Waals surface area contributed by atoms with E-state index in [1.165, 1.54) is 4.90 Å². The van der Waals surface area contributed by atoms with Gasteiger partial charge in [0.25, 0.3) is 0 Å². The van der Waals surface area contributed by atoms with Gasteiger partial charge in [0.1, 0.15) is 0 Å². The maximum Gasteiger partial charge on any atom is 0.334 e. The predicted octanol–water partition coefficient (Wildman–Crippen LogP) is -0.568. The molecule has 2 N–H and O–H groups in total. The molecule has 1 saturated heterocycles. The Bertz CT molecular complexity index is 309. The van der Waals surface area contributed by atoms with Crippen LogP contribution in [0.4, 0.5) is 4.79 Å². The van der Waals surface area contributed by atoms with E-state index in [9.17, 15) is 9.59 Å². The number of nitrogens with one attached hydrogen (secondary N) is 1. The molecule has 2 amide bonds. The van der Waals surface area contributed by atoms with E-state index >= 15 is 0 Å². The quantitative estimate of drug-likeness (QED) is 0.706. The fourth-order valence-electron chi connectivity index (χ4n) is 1.88. The first-order valence-electron chi connectivity index (χ1n) is 5.94. The minimum absolute atomic E-state index is 0.0126. The topological polar surface area (TPSA) is 82.1 Å². The number of morpholine rings is 1. The van der Waals surface area contributed by atoms with Gasteiger partial charge in [-0.3, -0.25) is 0 Å². The summed E-state index contributed by atoms with van der Waals surface area (Å²) in [7, 11) is 3.86. The van der Waals surface area contributed by atoms with Crippen molar-refractivity contribution in [2.24, 2.45) is 0 Å². The van der Waals surface area contributed by atoms with Gasteiger partial charge in [0.2, 0.25) is 0 Å². The average molecular weight is 259 g/mol. The van der Waals surface area contributed by atoms with Crippen molar-refractivity contribution in [3.05, 3.63) is 0 Å². The van der Waals surface area contributed by atoms with Crippen molar-refractivity contribution in [1.29, 1.82) is 0 Å². The summed E-state index contributed by atoms with van der Waals surface area (Å²) in [6.45, 7) is 3.41. The smallest absolute Gasteiger partial charge is 0.334 e. The maximum absolute atomic E-state index is 11.9. The molecular formula is C11H21N3O4. The lowest BCUT2D eigenvalue weighted by molar-refractivity contribution is -0.154. The molecule has 1 heterocycles. The van der Waals surface area contributed by atoms with Gasteiger partial charge in [-0.2, -0.15) is 0 Å². The average Bonchev–Trinajstić information content (AvgIpc) is 2.27. The molecule has 0 aromatic heterocycles. The molecule has 1 aliphatic heterocycles. The van der Waals surface area contributed by atoms with Crippen molar-refractivity contribution in [3.8, 4) is 0 Å². The number of carboxylic acids is 1. The zero-order valence-corrected chi connectivity index (χ0v) is 11.0. The van der Waals surface area contributed by atoms with E-state index in [0.29, 0.717) is 6.54 Å². The summed E-state index contributed by atoms with van der Waals surface area (Å²) in [4.78, 5) is 26.2. The fourth-order valence-corrected chi connectivity index (χ4v) is 1.88. The van der Waals surface area contributed by atoms with Crippen molar-refractivity contribution in [2.75, 3.05) is 40.3 Å². The number of amides is 2. The molecule has 1 fully saturated rings. The maximum atomic E-state index is 11.9. The molecule has 0 aliphatic carbocycles. The second-order valence-corrected chi connectivity index (χ2v) is 4.76. The van der Waals surface area contributed by atoms with Crippen molar-refractivity contribution in [1.82, 2.24) is 15.1 Å². The minimum atomic E-state index is -1.03. The van der Waals surface area contributed by atoms with E-state index in [-0.39, 0.29) is 25.2 Å². The third-order valence-electron chi connectivity index (χ3n) is 2.64. The molecule has 0 aromatic carbocycles. The van der Waals surface area contributed by atoms with Crippen LogP contribution in [0.5, 0.6) is 0 Å². The molecule has 2 atom stereocenters. The number of nitrogens with zero attached hydrogens (tertiary/aromatic N) is 2. The lowest BCUT2D eigenvalue weighted by atomic mass is 10.3. The number of rotatable bonds is 4. The van der Waals surface area contributed by atoms with Crippen LogP contribution in [0.2, 0.25) is 0 Å². The summed E-state index contributed by atoms with van der Waals surface area (Å²) in [6.07, 6.45) is -0.923. The van der Waals surface area contributed by atoms with Crippen molar-refractivity contribution < 1.29 is 19.4 Å². The highest BCUT2D eigenvalue weighted by Crippen LogP contribution is 2.06. The molecule has 0 spiro atoms. The lowest BCUT2D eigenvalue weighted by Crippen LogP contribution is -2.54. The summed E-state index contributed by atoms with van der Waals surface area (Å²) < 4.78 is 5.06. The summed E-state index contributed by atoms with van der Waals surface area (Å²) in [6, 6.07) is -0.225. The normalized spacial score (nSPS) is 21.8. The van der Waals surface area contributed by atoms with Gasteiger partial charge in [0.05, 0.1) is 13.2 Å². The van der Waals surface area contributed by atoms with Crippen molar-refractivity contribution in [3.63, 3.8) is 0 Å². The summed E-state index contributed by atoms with van der Waals surface area (Å²) in [5.74, 6) is -1.03. The Morgan fingerprint density at radius 1 is 1.56 bits per heavy atom.